The average molecular weight is 385 g/mol. The van der Waals surface area contributed by atoms with Gasteiger partial charge in [0.25, 0.3) is 0 Å². The van der Waals surface area contributed by atoms with Crippen molar-refractivity contribution in [3.63, 3.8) is 0 Å². The molecule has 1 saturated heterocycles. The van der Waals surface area contributed by atoms with Gasteiger partial charge < -0.3 is 10.2 Å². The molecule has 1 unspecified atom stereocenters. The van der Waals surface area contributed by atoms with Crippen LogP contribution in [0.25, 0.3) is 0 Å². The normalized spacial score (nSPS) is 17.3. The topological polar surface area (TPSA) is 49.4 Å². The van der Waals surface area contributed by atoms with Crippen LogP contribution in [0.15, 0.2) is 42.5 Å². The number of carbonyl (C=O) groups excluding carboxylic acids is 2. The number of rotatable bonds is 3. The van der Waals surface area contributed by atoms with Crippen LogP contribution in [0, 0.1) is 12.8 Å². The molecule has 0 bridgehead atoms. The summed E-state index contributed by atoms with van der Waals surface area (Å²) in [6.07, 6.45) is 0.214. The zero-order chi connectivity index (χ0) is 19.8. The Bertz CT molecular complexity index is 886. The van der Waals surface area contributed by atoms with Crippen LogP contribution in [0.4, 0.5) is 11.4 Å². The molecule has 1 aliphatic heterocycles. The van der Waals surface area contributed by atoms with Gasteiger partial charge in [-0.1, -0.05) is 50.6 Å². The molecule has 1 fully saturated rings. The van der Waals surface area contributed by atoms with E-state index in [0.717, 1.165) is 22.5 Å². The molecule has 0 radical (unpaired) electrons. The first kappa shape index (κ1) is 19.4. The van der Waals surface area contributed by atoms with Crippen molar-refractivity contribution in [2.45, 2.75) is 39.5 Å². The third-order valence-corrected chi connectivity index (χ3v) is 5.17. The standard InChI is InChI=1S/C22H25ClN2O2/c1-14-11-16(23)9-10-19(14)25-13-15(12-20(25)26)21(27)24-18-8-6-5-7-17(18)22(2,3)4/h5-11,15H,12-13H2,1-4H3,(H,24,27). The highest BCUT2D eigenvalue weighted by molar-refractivity contribution is 6.30. The molecule has 2 aromatic rings. The maximum Gasteiger partial charge on any atom is 0.229 e. The first-order valence-electron chi connectivity index (χ1n) is 9.13. The van der Waals surface area contributed by atoms with Crippen LogP contribution < -0.4 is 10.2 Å². The Labute approximate surface area is 165 Å². The van der Waals surface area contributed by atoms with Crippen LogP contribution >= 0.6 is 11.6 Å². The highest BCUT2D eigenvalue weighted by Crippen LogP contribution is 2.32. The molecule has 0 saturated carbocycles. The van der Waals surface area contributed by atoms with Crippen LogP contribution in [0.3, 0.4) is 0 Å². The van der Waals surface area contributed by atoms with E-state index in [1.54, 1.807) is 11.0 Å². The predicted molar refractivity (Wildman–Crippen MR) is 110 cm³/mol. The highest BCUT2D eigenvalue weighted by Gasteiger charge is 2.36. The van der Waals surface area contributed by atoms with E-state index < -0.39 is 0 Å². The number of nitrogens with one attached hydrogen (secondary N) is 1. The number of nitrogens with zero attached hydrogens (tertiary/aromatic N) is 1. The molecule has 1 atom stereocenters. The van der Waals surface area contributed by atoms with Gasteiger partial charge in [-0.15, -0.1) is 0 Å². The number of halogens is 1. The number of carbonyl (C=O) groups is 2. The van der Waals surface area contributed by atoms with Gasteiger partial charge in [0.1, 0.15) is 0 Å². The Morgan fingerprint density at radius 2 is 1.89 bits per heavy atom. The summed E-state index contributed by atoms with van der Waals surface area (Å²) in [5.74, 6) is -0.528. The number of anilines is 2. The highest BCUT2D eigenvalue weighted by atomic mass is 35.5. The summed E-state index contributed by atoms with van der Waals surface area (Å²) in [5, 5.41) is 3.67. The van der Waals surface area contributed by atoms with Crippen molar-refractivity contribution >= 4 is 34.8 Å². The number of amides is 2. The van der Waals surface area contributed by atoms with Crippen molar-refractivity contribution in [2.24, 2.45) is 5.92 Å². The lowest BCUT2D eigenvalue weighted by Crippen LogP contribution is -2.29. The predicted octanol–water partition coefficient (Wildman–Crippen LogP) is 4.94. The van der Waals surface area contributed by atoms with Gasteiger partial charge in [-0.25, -0.2) is 0 Å². The van der Waals surface area contributed by atoms with E-state index >= 15 is 0 Å². The largest absolute Gasteiger partial charge is 0.326 e. The summed E-state index contributed by atoms with van der Waals surface area (Å²) in [4.78, 5) is 27.0. The maximum atomic E-state index is 12.8. The quantitative estimate of drug-likeness (QED) is 0.814. The van der Waals surface area contributed by atoms with E-state index in [2.05, 4.69) is 26.1 Å². The third-order valence-electron chi connectivity index (χ3n) is 4.94. The molecule has 0 aliphatic carbocycles. The molecule has 142 valence electrons. The Balaban J connectivity index is 1.77. The van der Waals surface area contributed by atoms with Gasteiger partial charge in [-0.3, -0.25) is 9.59 Å². The minimum absolute atomic E-state index is 0.0373. The van der Waals surface area contributed by atoms with Crippen molar-refractivity contribution in [1.29, 1.82) is 0 Å². The van der Waals surface area contributed by atoms with Crippen LogP contribution in [0.2, 0.25) is 5.02 Å². The number of para-hydroxylation sites is 1. The number of hydrogen-bond donors (Lipinski definition) is 1. The molecule has 0 spiro atoms. The van der Waals surface area contributed by atoms with Gasteiger partial charge in [-0.2, -0.15) is 0 Å². The number of hydrogen-bond acceptors (Lipinski definition) is 2. The fourth-order valence-corrected chi connectivity index (χ4v) is 3.75. The molecule has 4 nitrogen and oxygen atoms in total. The molecule has 2 amide bonds. The van der Waals surface area contributed by atoms with E-state index in [1.807, 2.05) is 43.3 Å². The summed E-state index contributed by atoms with van der Waals surface area (Å²) < 4.78 is 0. The van der Waals surface area contributed by atoms with Crippen molar-refractivity contribution in [2.75, 3.05) is 16.8 Å². The molecule has 1 aliphatic rings. The van der Waals surface area contributed by atoms with Gasteiger partial charge in [0.15, 0.2) is 0 Å². The number of aryl methyl sites for hydroxylation is 1. The minimum atomic E-state index is -0.374. The molecule has 5 heteroatoms. The van der Waals surface area contributed by atoms with Crippen molar-refractivity contribution in [1.82, 2.24) is 0 Å². The molecule has 3 rings (SSSR count). The van der Waals surface area contributed by atoms with Gasteiger partial charge in [0, 0.05) is 29.4 Å². The van der Waals surface area contributed by atoms with Crippen LogP contribution in [-0.4, -0.2) is 18.4 Å². The Hall–Kier alpha value is -2.33. The lowest BCUT2D eigenvalue weighted by atomic mass is 9.85. The number of benzene rings is 2. The van der Waals surface area contributed by atoms with Crippen LogP contribution in [0.1, 0.15) is 38.3 Å². The summed E-state index contributed by atoms with van der Waals surface area (Å²) in [6, 6.07) is 13.3. The monoisotopic (exact) mass is 384 g/mol. The summed E-state index contributed by atoms with van der Waals surface area (Å²) in [7, 11) is 0. The molecule has 27 heavy (non-hydrogen) atoms. The Morgan fingerprint density at radius 3 is 2.56 bits per heavy atom. The molecule has 0 aromatic heterocycles. The average Bonchev–Trinajstić information content (AvgIpc) is 2.96. The van der Waals surface area contributed by atoms with E-state index in [0.29, 0.717) is 11.6 Å². The second kappa shape index (κ2) is 7.35. The Kier molecular flexibility index (Phi) is 5.29. The van der Waals surface area contributed by atoms with Gasteiger partial charge in [0.2, 0.25) is 11.8 Å². The molecular weight excluding hydrogens is 360 g/mol. The third kappa shape index (κ3) is 4.16. The molecule has 2 aromatic carbocycles. The van der Waals surface area contributed by atoms with E-state index in [9.17, 15) is 9.59 Å². The van der Waals surface area contributed by atoms with E-state index in [1.165, 1.54) is 0 Å². The SMILES string of the molecule is Cc1cc(Cl)ccc1N1CC(C(=O)Nc2ccccc2C(C)(C)C)CC1=O. The van der Waals surface area contributed by atoms with E-state index in [-0.39, 0.29) is 29.6 Å². The molecule has 1 N–H and O–H groups in total. The summed E-state index contributed by atoms with van der Waals surface area (Å²) in [6.45, 7) is 8.64. The van der Waals surface area contributed by atoms with Crippen LogP contribution in [0.5, 0.6) is 0 Å². The van der Waals surface area contributed by atoms with Crippen LogP contribution in [-0.2, 0) is 15.0 Å². The Morgan fingerprint density at radius 1 is 1.19 bits per heavy atom. The van der Waals surface area contributed by atoms with Gasteiger partial charge in [-0.05, 0) is 47.7 Å². The van der Waals surface area contributed by atoms with E-state index in [4.69, 9.17) is 11.6 Å². The second-order valence-corrected chi connectivity index (χ2v) is 8.56. The first-order chi connectivity index (χ1) is 12.7. The lowest BCUT2D eigenvalue weighted by Gasteiger charge is -2.24. The van der Waals surface area contributed by atoms with Gasteiger partial charge >= 0.3 is 0 Å². The fourth-order valence-electron chi connectivity index (χ4n) is 3.52. The molecular formula is C22H25ClN2O2. The first-order valence-corrected chi connectivity index (χ1v) is 9.51. The van der Waals surface area contributed by atoms with Gasteiger partial charge in [0.05, 0.1) is 5.92 Å². The summed E-state index contributed by atoms with van der Waals surface area (Å²) in [5.41, 5.74) is 3.54. The van der Waals surface area contributed by atoms with Crippen molar-refractivity contribution in [3.8, 4) is 0 Å². The summed E-state index contributed by atoms with van der Waals surface area (Å²) >= 11 is 6.01. The van der Waals surface area contributed by atoms with Crippen molar-refractivity contribution in [3.05, 3.63) is 58.6 Å². The second-order valence-electron chi connectivity index (χ2n) is 8.12. The zero-order valence-electron chi connectivity index (χ0n) is 16.2. The fraction of sp³-hybridized carbons (Fsp3) is 0.364. The zero-order valence-corrected chi connectivity index (χ0v) is 16.9. The van der Waals surface area contributed by atoms with Crippen molar-refractivity contribution < 1.29 is 9.59 Å². The maximum absolute atomic E-state index is 12.8. The smallest absolute Gasteiger partial charge is 0.229 e. The molecule has 1 heterocycles. The minimum Gasteiger partial charge on any atom is -0.326 e. The lowest BCUT2D eigenvalue weighted by molar-refractivity contribution is -0.122.